The van der Waals surface area contributed by atoms with E-state index in [1.165, 1.54) is 0 Å². The lowest BCUT2D eigenvalue weighted by atomic mass is 9.95. The summed E-state index contributed by atoms with van der Waals surface area (Å²) in [7, 11) is 6.59. The summed E-state index contributed by atoms with van der Waals surface area (Å²) in [6.07, 6.45) is 0. The lowest BCUT2D eigenvalue weighted by Gasteiger charge is -1.99. The molecule has 0 amide bonds. The van der Waals surface area contributed by atoms with Crippen molar-refractivity contribution in [2.75, 3.05) is 7.11 Å². The van der Waals surface area contributed by atoms with Gasteiger partial charge in [0.2, 0.25) is 0 Å². The van der Waals surface area contributed by atoms with E-state index in [0.29, 0.717) is 5.56 Å². The van der Waals surface area contributed by atoms with Crippen molar-refractivity contribution >= 4 is 13.5 Å². The lowest BCUT2D eigenvalue weighted by molar-refractivity contribution is 0.108. The van der Waals surface area contributed by atoms with Crippen molar-refractivity contribution in [3.63, 3.8) is 0 Å². The second-order valence-corrected chi connectivity index (χ2v) is 2.09. The molecule has 1 aromatic rings. The third-order valence-corrected chi connectivity index (χ3v) is 1.37. The number of benzene rings is 1. The van der Waals surface area contributed by atoms with Gasteiger partial charge in [-0.05, 0) is 24.3 Å². The molecule has 2 nitrogen and oxygen atoms in total. The van der Waals surface area contributed by atoms with Gasteiger partial charge in [-0.2, -0.15) is 0 Å². The lowest BCUT2D eigenvalue weighted by Crippen LogP contribution is -1.96. The largest absolute Gasteiger partial charge is 0.497 e. The molecule has 0 atom stereocenters. The fourth-order valence-electron chi connectivity index (χ4n) is 0.755. The van der Waals surface area contributed by atoms with Crippen LogP contribution in [0, 0.1) is 0 Å². The van der Waals surface area contributed by atoms with Gasteiger partial charge >= 0.3 is 0 Å². The molecule has 0 bridgehead atoms. The Morgan fingerprint density at radius 1 is 1.36 bits per heavy atom. The molecule has 54 valence electrons. The Balaban J connectivity index is 2.91. The number of rotatable bonds is 2. The normalized spacial score (nSPS) is 9.18. The molecule has 0 heterocycles. The molecule has 1 rings (SSSR count). The zero-order valence-electron chi connectivity index (χ0n) is 6.20. The van der Waals surface area contributed by atoms with Gasteiger partial charge in [0.15, 0.2) is 7.85 Å². The molecule has 0 unspecified atom stereocenters. The van der Waals surface area contributed by atoms with Gasteiger partial charge < -0.3 is 9.53 Å². The van der Waals surface area contributed by atoms with E-state index in [1.54, 1.807) is 31.4 Å². The van der Waals surface area contributed by atoms with Gasteiger partial charge in [0, 0.05) is 5.56 Å². The van der Waals surface area contributed by atoms with E-state index < -0.39 is 5.68 Å². The number of carbonyl (C=O) groups excluding carboxylic acids is 1. The van der Waals surface area contributed by atoms with Crippen LogP contribution < -0.4 is 4.74 Å². The minimum absolute atomic E-state index is 0.423. The van der Waals surface area contributed by atoms with Crippen molar-refractivity contribution in [1.82, 2.24) is 0 Å². The van der Waals surface area contributed by atoms with E-state index in [0.717, 1.165) is 5.75 Å². The van der Waals surface area contributed by atoms with Gasteiger partial charge in [-0.25, -0.2) is 0 Å². The number of carbonyl (C=O) groups is 1. The van der Waals surface area contributed by atoms with Crippen LogP contribution in [-0.4, -0.2) is 20.6 Å². The Bertz CT molecular complexity index is 253. The number of hydrogen-bond acceptors (Lipinski definition) is 2. The van der Waals surface area contributed by atoms with Crippen LogP contribution in [0.25, 0.3) is 0 Å². The second-order valence-electron chi connectivity index (χ2n) is 2.09. The summed E-state index contributed by atoms with van der Waals surface area (Å²) in [5.41, 5.74) is 0.0680. The van der Waals surface area contributed by atoms with Crippen LogP contribution >= 0.6 is 0 Å². The summed E-state index contributed by atoms with van der Waals surface area (Å²) in [6.45, 7) is 0. The fraction of sp³-hybridized carbons (Fsp3) is 0.125. The summed E-state index contributed by atoms with van der Waals surface area (Å²) >= 11 is 0. The summed E-state index contributed by atoms with van der Waals surface area (Å²) in [5, 5.41) is 0. The topological polar surface area (TPSA) is 26.3 Å². The predicted octanol–water partition coefficient (Wildman–Crippen LogP) is 1.00. The van der Waals surface area contributed by atoms with Gasteiger partial charge in [0.25, 0.3) is 0 Å². The van der Waals surface area contributed by atoms with E-state index in [9.17, 15) is 4.79 Å². The maximum absolute atomic E-state index is 10.6. The molecule has 0 fully saturated rings. The maximum atomic E-state index is 10.6. The molecule has 0 aromatic heterocycles. The third-order valence-electron chi connectivity index (χ3n) is 1.37. The van der Waals surface area contributed by atoms with Gasteiger partial charge in [-0.1, -0.05) is 0 Å². The van der Waals surface area contributed by atoms with Crippen LogP contribution in [-0.2, 0) is 0 Å². The smallest absolute Gasteiger partial charge is 0.175 e. The molecule has 2 radical (unpaired) electrons. The quantitative estimate of drug-likeness (QED) is 0.581. The van der Waals surface area contributed by atoms with E-state index in [1.807, 2.05) is 0 Å². The van der Waals surface area contributed by atoms with E-state index in [-0.39, 0.29) is 0 Å². The molecule has 0 aliphatic carbocycles. The minimum Gasteiger partial charge on any atom is -0.497 e. The first-order chi connectivity index (χ1) is 5.24. The summed E-state index contributed by atoms with van der Waals surface area (Å²) < 4.78 is 4.90. The Labute approximate surface area is 66.6 Å². The fourth-order valence-corrected chi connectivity index (χ4v) is 0.755. The zero-order valence-corrected chi connectivity index (χ0v) is 6.20. The number of methoxy groups -OCH3 is 1. The average molecular weight is 146 g/mol. The standard InChI is InChI=1S/C8H7BO2/c1-11-7-4-2-6(3-5-7)8(9)10/h2-5H,1H3. The van der Waals surface area contributed by atoms with Gasteiger partial charge in [-0.3, -0.25) is 0 Å². The highest BCUT2D eigenvalue weighted by Crippen LogP contribution is 2.10. The van der Waals surface area contributed by atoms with E-state index >= 15 is 0 Å². The van der Waals surface area contributed by atoms with E-state index in [4.69, 9.17) is 12.6 Å². The first-order valence-corrected chi connectivity index (χ1v) is 3.18. The Morgan fingerprint density at radius 2 is 1.91 bits per heavy atom. The minimum atomic E-state index is -0.423. The summed E-state index contributed by atoms with van der Waals surface area (Å²) in [4.78, 5) is 10.6. The Kier molecular flexibility index (Phi) is 2.31. The molecular formula is C8H7BO2. The SMILES string of the molecule is [B]C(=O)c1ccc(OC)cc1. The molecule has 0 aliphatic heterocycles. The molecule has 0 aliphatic rings. The number of ether oxygens (including phenoxy) is 1. The first kappa shape index (κ1) is 7.86. The van der Waals surface area contributed by atoms with Crippen molar-refractivity contribution < 1.29 is 9.53 Å². The molecular weight excluding hydrogens is 139 g/mol. The van der Waals surface area contributed by atoms with Gasteiger partial charge in [0.1, 0.15) is 11.4 Å². The molecule has 0 saturated carbocycles. The Morgan fingerprint density at radius 3 is 2.27 bits per heavy atom. The maximum Gasteiger partial charge on any atom is 0.175 e. The van der Waals surface area contributed by atoms with Gasteiger partial charge in [0.05, 0.1) is 7.11 Å². The van der Waals surface area contributed by atoms with Crippen LogP contribution in [0.15, 0.2) is 24.3 Å². The average Bonchev–Trinajstić information content (AvgIpc) is 2.05. The molecule has 0 saturated heterocycles. The third kappa shape index (κ3) is 1.83. The monoisotopic (exact) mass is 146 g/mol. The number of hydrogen-bond donors (Lipinski definition) is 0. The van der Waals surface area contributed by atoms with Crippen molar-refractivity contribution in [1.29, 1.82) is 0 Å². The van der Waals surface area contributed by atoms with E-state index in [2.05, 4.69) is 0 Å². The van der Waals surface area contributed by atoms with Crippen molar-refractivity contribution in [2.24, 2.45) is 0 Å². The molecule has 0 spiro atoms. The highest BCUT2D eigenvalue weighted by Gasteiger charge is 1.96. The predicted molar refractivity (Wildman–Crippen MR) is 43.1 cm³/mol. The van der Waals surface area contributed by atoms with Crippen LogP contribution in [0.5, 0.6) is 5.75 Å². The van der Waals surface area contributed by atoms with Crippen molar-refractivity contribution in [3.8, 4) is 5.75 Å². The molecule has 3 heteroatoms. The zero-order chi connectivity index (χ0) is 8.27. The molecule has 0 N–H and O–H groups in total. The van der Waals surface area contributed by atoms with Crippen molar-refractivity contribution in [3.05, 3.63) is 29.8 Å². The second kappa shape index (κ2) is 3.24. The van der Waals surface area contributed by atoms with Crippen LogP contribution in [0.1, 0.15) is 10.4 Å². The van der Waals surface area contributed by atoms with Gasteiger partial charge in [-0.15, -0.1) is 0 Å². The van der Waals surface area contributed by atoms with Crippen LogP contribution in [0.4, 0.5) is 0 Å². The Hall–Kier alpha value is -1.25. The highest BCUT2D eigenvalue weighted by atomic mass is 16.5. The first-order valence-electron chi connectivity index (χ1n) is 3.18. The van der Waals surface area contributed by atoms with Crippen molar-refractivity contribution in [2.45, 2.75) is 0 Å². The summed E-state index contributed by atoms with van der Waals surface area (Å²) in [6, 6.07) is 6.64. The molecule has 11 heavy (non-hydrogen) atoms. The highest BCUT2D eigenvalue weighted by molar-refractivity contribution is 6.62. The van der Waals surface area contributed by atoms with Crippen LogP contribution in [0.3, 0.4) is 0 Å². The summed E-state index contributed by atoms with van der Waals surface area (Å²) in [5.74, 6) is 0.718. The molecule has 1 aromatic carbocycles. The van der Waals surface area contributed by atoms with Crippen LogP contribution in [0.2, 0.25) is 0 Å².